The number of sulfone groups is 2. The Balaban J connectivity index is 1.53. The third-order valence-corrected chi connectivity index (χ3v) is 12.2. The van der Waals surface area contributed by atoms with Gasteiger partial charge in [0.15, 0.2) is 24.7 Å². The van der Waals surface area contributed by atoms with Gasteiger partial charge in [-0.2, -0.15) is 13.2 Å². The summed E-state index contributed by atoms with van der Waals surface area (Å²) in [4.78, 5) is 18.6. The lowest BCUT2D eigenvalue weighted by Crippen LogP contribution is -2.47. The van der Waals surface area contributed by atoms with Gasteiger partial charge in [-0.1, -0.05) is 6.07 Å². The molecule has 2 fully saturated rings. The molecule has 37 heavy (non-hydrogen) atoms. The fraction of sp³-hybridized carbons (Fsp3) is 0.520. The SMILES string of the molecule is Cc1ccc(C(=O)N2CCC(C(C)(C)S(=O)(=O)c3cccc(C(F)(F)F)c3)CC2)c(S(=O)(=O)C2CC2)n1. The van der Waals surface area contributed by atoms with Crippen LogP contribution in [0, 0.1) is 12.8 Å². The number of rotatable bonds is 6. The Morgan fingerprint density at radius 2 is 1.59 bits per heavy atom. The summed E-state index contributed by atoms with van der Waals surface area (Å²) in [5.74, 6) is -0.911. The summed E-state index contributed by atoms with van der Waals surface area (Å²) in [6, 6.07) is 6.77. The third kappa shape index (κ3) is 5.14. The summed E-state index contributed by atoms with van der Waals surface area (Å²) < 4.78 is 90.7. The number of benzene rings is 1. The smallest absolute Gasteiger partial charge is 0.339 e. The van der Waals surface area contributed by atoms with Gasteiger partial charge in [-0.25, -0.2) is 21.8 Å². The summed E-state index contributed by atoms with van der Waals surface area (Å²) in [6.45, 7) is 5.01. The number of piperidine rings is 1. The van der Waals surface area contributed by atoms with Crippen LogP contribution in [0.25, 0.3) is 0 Å². The van der Waals surface area contributed by atoms with Crippen LogP contribution in [0.15, 0.2) is 46.3 Å². The first kappa shape index (κ1) is 27.6. The molecule has 0 spiro atoms. The zero-order valence-electron chi connectivity index (χ0n) is 20.7. The Morgan fingerprint density at radius 3 is 2.16 bits per heavy atom. The average molecular weight is 559 g/mol. The van der Waals surface area contributed by atoms with E-state index in [0.29, 0.717) is 37.4 Å². The molecule has 2 aromatic rings. The number of halogens is 3. The van der Waals surface area contributed by atoms with Crippen LogP contribution < -0.4 is 0 Å². The monoisotopic (exact) mass is 558 g/mol. The molecule has 2 heterocycles. The van der Waals surface area contributed by atoms with Crippen molar-refractivity contribution < 1.29 is 34.8 Å². The number of amides is 1. The molecule has 0 atom stereocenters. The molecule has 1 saturated carbocycles. The Hall–Kier alpha value is -2.47. The highest BCUT2D eigenvalue weighted by atomic mass is 32.2. The zero-order chi connectivity index (χ0) is 27.4. The second kappa shape index (κ2) is 9.37. The van der Waals surface area contributed by atoms with Crippen molar-refractivity contribution in [1.29, 1.82) is 0 Å². The molecule has 1 saturated heterocycles. The van der Waals surface area contributed by atoms with Gasteiger partial charge in [-0.05, 0) is 82.7 Å². The minimum atomic E-state index is -4.67. The van der Waals surface area contributed by atoms with E-state index >= 15 is 0 Å². The van der Waals surface area contributed by atoms with Crippen molar-refractivity contribution in [3.63, 3.8) is 0 Å². The van der Waals surface area contributed by atoms with Gasteiger partial charge in [0.05, 0.1) is 26.0 Å². The number of pyridine rings is 1. The Bertz CT molecular complexity index is 1420. The van der Waals surface area contributed by atoms with E-state index in [2.05, 4.69) is 4.98 Å². The fourth-order valence-electron chi connectivity index (χ4n) is 4.76. The predicted molar refractivity (Wildman–Crippen MR) is 131 cm³/mol. The van der Waals surface area contributed by atoms with Crippen LogP contribution in [-0.4, -0.2) is 55.7 Å². The zero-order valence-corrected chi connectivity index (χ0v) is 22.4. The van der Waals surface area contributed by atoms with E-state index in [9.17, 15) is 34.8 Å². The highest BCUT2D eigenvalue weighted by Gasteiger charge is 2.46. The second-order valence-electron chi connectivity index (χ2n) is 10.2. The molecule has 0 unspecified atom stereocenters. The summed E-state index contributed by atoms with van der Waals surface area (Å²) in [6.07, 6.45) is -3.02. The number of aromatic nitrogens is 1. The molecule has 1 amide bonds. The number of carbonyl (C=O) groups excluding carboxylic acids is 1. The van der Waals surface area contributed by atoms with Crippen molar-refractivity contribution in [2.24, 2.45) is 5.92 Å². The molecule has 0 bridgehead atoms. The maximum absolute atomic E-state index is 13.4. The maximum atomic E-state index is 13.4. The second-order valence-corrected chi connectivity index (χ2v) is 14.9. The molecule has 0 radical (unpaired) electrons. The number of hydrogen-bond acceptors (Lipinski definition) is 6. The minimum absolute atomic E-state index is 0.00629. The molecule has 1 aliphatic carbocycles. The maximum Gasteiger partial charge on any atom is 0.416 e. The number of likely N-dealkylation sites (tertiary alicyclic amines) is 1. The quantitative estimate of drug-likeness (QED) is 0.519. The molecule has 1 aromatic heterocycles. The summed E-state index contributed by atoms with van der Waals surface area (Å²) in [5.41, 5.74) is -0.545. The molecule has 1 aliphatic heterocycles. The first-order chi connectivity index (χ1) is 17.1. The van der Waals surface area contributed by atoms with Crippen LogP contribution in [0.2, 0.25) is 0 Å². The van der Waals surface area contributed by atoms with Gasteiger partial charge in [0.2, 0.25) is 0 Å². The lowest BCUT2D eigenvalue weighted by atomic mass is 9.85. The van der Waals surface area contributed by atoms with Gasteiger partial charge in [0.1, 0.15) is 0 Å². The number of alkyl halides is 3. The molecule has 7 nitrogen and oxygen atoms in total. The van der Waals surface area contributed by atoms with Crippen molar-refractivity contribution in [2.45, 2.75) is 72.5 Å². The van der Waals surface area contributed by atoms with E-state index in [-0.39, 0.29) is 23.7 Å². The normalized spacial score (nSPS) is 18.2. The first-order valence-corrected chi connectivity index (χ1v) is 15.0. The number of nitrogens with zero attached hydrogens (tertiary/aromatic N) is 2. The number of hydrogen-bond donors (Lipinski definition) is 0. The van der Waals surface area contributed by atoms with Crippen LogP contribution in [0.4, 0.5) is 13.2 Å². The molecule has 4 rings (SSSR count). The molecule has 0 N–H and O–H groups in total. The number of carbonyl (C=O) groups is 1. The molecule has 2 aliphatic rings. The minimum Gasteiger partial charge on any atom is -0.339 e. The third-order valence-electron chi connectivity index (χ3n) is 7.39. The molecular formula is C25H29F3N2O5S2. The molecular weight excluding hydrogens is 529 g/mol. The van der Waals surface area contributed by atoms with Gasteiger partial charge in [-0.15, -0.1) is 0 Å². The summed E-state index contributed by atoms with van der Waals surface area (Å²) >= 11 is 0. The molecule has 1 aromatic carbocycles. The Kier molecular flexibility index (Phi) is 6.98. The van der Waals surface area contributed by atoms with E-state index in [1.165, 1.54) is 24.8 Å². The average Bonchev–Trinajstić information content (AvgIpc) is 3.69. The van der Waals surface area contributed by atoms with Crippen molar-refractivity contribution in [3.05, 3.63) is 53.2 Å². The van der Waals surface area contributed by atoms with Crippen LogP contribution >= 0.6 is 0 Å². The standard InChI is InChI=1S/C25H29F3N2O5S2/c1-16-7-10-21(22(29-16)36(32,33)19-8-9-19)23(31)30-13-11-17(12-14-30)24(2,3)37(34,35)20-6-4-5-18(15-20)25(26,27)28/h4-7,10,15,17,19H,8-9,11-14H2,1-3H3. The largest absolute Gasteiger partial charge is 0.416 e. The Morgan fingerprint density at radius 1 is 0.973 bits per heavy atom. The van der Waals surface area contributed by atoms with Crippen molar-refractivity contribution in [2.75, 3.05) is 13.1 Å². The van der Waals surface area contributed by atoms with Crippen LogP contribution in [0.3, 0.4) is 0 Å². The van der Waals surface area contributed by atoms with E-state index in [4.69, 9.17) is 0 Å². The van der Waals surface area contributed by atoms with Crippen molar-refractivity contribution >= 4 is 25.6 Å². The van der Waals surface area contributed by atoms with Gasteiger partial charge in [-0.3, -0.25) is 4.79 Å². The van der Waals surface area contributed by atoms with E-state index in [1.54, 1.807) is 13.0 Å². The van der Waals surface area contributed by atoms with E-state index in [1.807, 2.05) is 0 Å². The van der Waals surface area contributed by atoms with Gasteiger partial charge in [0.25, 0.3) is 5.91 Å². The molecule has 202 valence electrons. The lowest BCUT2D eigenvalue weighted by Gasteiger charge is -2.40. The Labute approximate surface area is 214 Å². The van der Waals surface area contributed by atoms with Gasteiger partial charge < -0.3 is 4.90 Å². The summed E-state index contributed by atoms with van der Waals surface area (Å²) in [5, 5.41) is -0.740. The van der Waals surface area contributed by atoms with Crippen LogP contribution in [0.1, 0.15) is 61.1 Å². The predicted octanol–water partition coefficient (Wildman–Crippen LogP) is 4.45. The number of aryl methyl sites for hydroxylation is 1. The first-order valence-electron chi connectivity index (χ1n) is 12.0. The molecule has 12 heteroatoms. The lowest BCUT2D eigenvalue weighted by molar-refractivity contribution is -0.137. The summed E-state index contributed by atoms with van der Waals surface area (Å²) in [7, 11) is -7.86. The van der Waals surface area contributed by atoms with Crippen molar-refractivity contribution in [1.82, 2.24) is 9.88 Å². The van der Waals surface area contributed by atoms with E-state index < -0.39 is 58.1 Å². The van der Waals surface area contributed by atoms with Gasteiger partial charge >= 0.3 is 6.18 Å². The highest BCUT2D eigenvalue weighted by Crippen LogP contribution is 2.40. The fourth-order valence-corrected chi connectivity index (χ4v) is 8.39. The van der Waals surface area contributed by atoms with E-state index in [0.717, 1.165) is 18.2 Å². The highest BCUT2D eigenvalue weighted by molar-refractivity contribution is 7.93. The topological polar surface area (TPSA) is 101 Å². The van der Waals surface area contributed by atoms with Crippen molar-refractivity contribution in [3.8, 4) is 0 Å². The van der Waals surface area contributed by atoms with Crippen LogP contribution in [0.5, 0.6) is 0 Å². The van der Waals surface area contributed by atoms with Crippen LogP contribution in [-0.2, 0) is 25.9 Å². The van der Waals surface area contributed by atoms with Gasteiger partial charge in [0, 0.05) is 18.8 Å².